The third kappa shape index (κ3) is 3.74. The quantitative estimate of drug-likeness (QED) is 0.805. The van der Waals surface area contributed by atoms with Crippen LogP contribution in [-0.4, -0.2) is 30.6 Å². The van der Waals surface area contributed by atoms with E-state index in [1.807, 2.05) is 24.3 Å². The lowest BCUT2D eigenvalue weighted by Gasteiger charge is -2.36. The van der Waals surface area contributed by atoms with Crippen LogP contribution < -0.4 is 10.1 Å². The van der Waals surface area contributed by atoms with Crippen molar-refractivity contribution < 1.29 is 19.4 Å². The fraction of sp³-hybridized carbons (Fsp3) is 0.500. The molecule has 1 fully saturated rings. The van der Waals surface area contributed by atoms with Gasteiger partial charge in [0.15, 0.2) is 0 Å². The number of ether oxygens (including phenoxy) is 1. The first-order chi connectivity index (χ1) is 10.1. The van der Waals surface area contributed by atoms with Crippen molar-refractivity contribution in [3.8, 4) is 5.75 Å². The van der Waals surface area contributed by atoms with Crippen LogP contribution in [0.25, 0.3) is 0 Å². The molecule has 0 aromatic heterocycles. The van der Waals surface area contributed by atoms with E-state index in [4.69, 9.17) is 4.74 Å². The number of nitrogens with one attached hydrogen (secondary N) is 1. The highest BCUT2D eigenvalue weighted by Gasteiger charge is 2.45. The zero-order valence-electron chi connectivity index (χ0n) is 12.2. The molecule has 0 heterocycles. The minimum absolute atomic E-state index is 0.0838. The smallest absolute Gasteiger partial charge is 0.310 e. The van der Waals surface area contributed by atoms with Gasteiger partial charge in [-0.3, -0.25) is 9.59 Å². The molecule has 0 radical (unpaired) electrons. The van der Waals surface area contributed by atoms with Gasteiger partial charge in [-0.05, 0) is 37.0 Å². The largest absolute Gasteiger partial charge is 0.497 e. The zero-order valence-corrected chi connectivity index (χ0v) is 12.2. The van der Waals surface area contributed by atoms with Gasteiger partial charge in [-0.25, -0.2) is 0 Å². The van der Waals surface area contributed by atoms with Crippen LogP contribution in [0.2, 0.25) is 0 Å². The topological polar surface area (TPSA) is 75.6 Å². The Balaban J connectivity index is 1.78. The van der Waals surface area contributed by atoms with Crippen molar-refractivity contribution in [1.29, 1.82) is 0 Å². The van der Waals surface area contributed by atoms with Crippen LogP contribution in [0.15, 0.2) is 24.3 Å². The third-order valence-electron chi connectivity index (χ3n) is 4.13. The monoisotopic (exact) mass is 291 g/mol. The van der Waals surface area contributed by atoms with Gasteiger partial charge in [0.1, 0.15) is 5.75 Å². The molecule has 0 atom stereocenters. The highest BCUT2D eigenvalue weighted by Crippen LogP contribution is 2.44. The Morgan fingerprint density at radius 3 is 2.71 bits per heavy atom. The number of amides is 1. The SMILES string of the molecule is COc1cccc(CCNC(=O)CC2(C(=O)O)CCC2)c1. The number of carboxylic acid groups (broad SMARTS) is 1. The molecule has 2 rings (SSSR count). The summed E-state index contributed by atoms with van der Waals surface area (Å²) in [4.78, 5) is 23.1. The van der Waals surface area contributed by atoms with Crippen LogP contribution in [0.1, 0.15) is 31.2 Å². The Kier molecular flexibility index (Phi) is 4.83. The normalized spacial score (nSPS) is 15.9. The Labute approximate surface area is 124 Å². The second kappa shape index (κ2) is 6.61. The van der Waals surface area contributed by atoms with Crippen molar-refractivity contribution in [3.63, 3.8) is 0 Å². The number of aliphatic carboxylic acids is 1. The third-order valence-corrected chi connectivity index (χ3v) is 4.13. The first kappa shape index (κ1) is 15.4. The molecule has 5 heteroatoms. The second-order valence-electron chi connectivity index (χ2n) is 5.57. The number of rotatable bonds is 7. The molecular weight excluding hydrogens is 270 g/mol. The lowest BCUT2D eigenvalue weighted by molar-refractivity contribution is -0.157. The molecule has 1 amide bonds. The maximum Gasteiger partial charge on any atom is 0.310 e. The van der Waals surface area contributed by atoms with Crippen LogP contribution in [-0.2, 0) is 16.0 Å². The van der Waals surface area contributed by atoms with Crippen LogP contribution in [0, 0.1) is 5.41 Å². The summed E-state index contributed by atoms with van der Waals surface area (Å²) in [6, 6.07) is 7.68. The predicted molar refractivity (Wildman–Crippen MR) is 78.2 cm³/mol. The van der Waals surface area contributed by atoms with E-state index < -0.39 is 11.4 Å². The summed E-state index contributed by atoms with van der Waals surface area (Å²) in [7, 11) is 1.62. The van der Waals surface area contributed by atoms with Gasteiger partial charge in [-0.2, -0.15) is 0 Å². The van der Waals surface area contributed by atoms with Crippen molar-refractivity contribution in [2.45, 2.75) is 32.1 Å². The van der Waals surface area contributed by atoms with Gasteiger partial charge in [-0.1, -0.05) is 18.6 Å². The molecule has 1 aromatic carbocycles. The van der Waals surface area contributed by atoms with Crippen molar-refractivity contribution in [2.75, 3.05) is 13.7 Å². The zero-order chi connectivity index (χ0) is 15.3. The van der Waals surface area contributed by atoms with Gasteiger partial charge in [-0.15, -0.1) is 0 Å². The molecule has 1 aliphatic rings. The first-order valence-electron chi connectivity index (χ1n) is 7.19. The lowest BCUT2D eigenvalue weighted by atomic mass is 9.66. The van der Waals surface area contributed by atoms with E-state index in [-0.39, 0.29) is 12.3 Å². The van der Waals surface area contributed by atoms with Gasteiger partial charge in [0.25, 0.3) is 0 Å². The maximum absolute atomic E-state index is 11.9. The van der Waals surface area contributed by atoms with E-state index in [2.05, 4.69) is 5.32 Å². The molecule has 0 bridgehead atoms. The number of hydrogen-bond acceptors (Lipinski definition) is 3. The minimum atomic E-state index is -0.850. The molecule has 1 aromatic rings. The standard InChI is InChI=1S/C16H21NO4/c1-21-13-5-2-4-12(10-13)6-9-17-14(18)11-16(15(19)20)7-3-8-16/h2,4-5,10H,3,6-9,11H2,1H3,(H,17,18)(H,19,20). The Bertz CT molecular complexity index is 523. The summed E-state index contributed by atoms with van der Waals surface area (Å²) in [6.07, 6.45) is 2.88. The highest BCUT2D eigenvalue weighted by molar-refractivity contribution is 5.85. The van der Waals surface area contributed by atoms with E-state index in [1.54, 1.807) is 7.11 Å². The number of methoxy groups -OCH3 is 1. The summed E-state index contributed by atoms with van der Waals surface area (Å²) in [5, 5.41) is 12.0. The summed E-state index contributed by atoms with van der Waals surface area (Å²) >= 11 is 0. The van der Waals surface area contributed by atoms with Crippen molar-refractivity contribution >= 4 is 11.9 Å². The Morgan fingerprint density at radius 2 is 2.14 bits per heavy atom. The van der Waals surface area contributed by atoms with Gasteiger partial charge < -0.3 is 15.2 Å². The fourth-order valence-corrected chi connectivity index (χ4v) is 2.61. The molecule has 0 unspecified atom stereocenters. The van der Waals surface area contributed by atoms with Gasteiger partial charge in [0, 0.05) is 13.0 Å². The van der Waals surface area contributed by atoms with Crippen molar-refractivity contribution in [1.82, 2.24) is 5.32 Å². The number of carbonyl (C=O) groups is 2. The first-order valence-corrected chi connectivity index (χ1v) is 7.19. The average molecular weight is 291 g/mol. The molecule has 114 valence electrons. The molecular formula is C16H21NO4. The minimum Gasteiger partial charge on any atom is -0.497 e. The summed E-state index contributed by atoms with van der Waals surface area (Å²) in [6.45, 7) is 0.502. The summed E-state index contributed by atoms with van der Waals surface area (Å²) < 4.78 is 5.14. The number of benzene rings is 1. The second-order valence-corrected chi connectivity index (χ2v) is 5.57. The number of carboxylic acids is 1. The van der Waals surface area contributed by atoms with Gasteiger partial charge in [0.2, 0.25) is 5.91 Å². The van der Waals surface area contributed by atoms with E-state index in [0.29, 0.717) is 25.8 Å². The van der Waals surface area contributed by atoms with E-state index in [9.17, 15) is 14.7 Å². The van der Waals surface area contributed by atoms with Crippen LogP contribution >= 0.6 is 0 Å². The van der Waals surface area contributed by atoms with Crippen LogP contribution in [0.4, 0.5) is 0 Å². The van der Waals surface area contributed by atoms with E-state index in [0.717, 1.165) is 17.7 Å². The molecule has 0 aliphatic heterocycles. The fourth-order valence-electron chi connectivity index (χ4n) is 2.61. The summed E-state index contributed by atoms with van der Waals surface area (Å²) in [5.41, 5.74) is 0.256. The molecule has 0 spiro atoms. The van der Waals surface area contributed by atoms with Crippen molar-refractivity contribution in [3.05, 3.63) is 29.8 Å². The van der Waals surface area contributed by atoms with Gasteiger partial charge >= 0.3 is 5.97 Å². The van der Waals surface area contributed by atoms with Gasteiger partial charge in [0.05, 0.1) is 12.5 Å². The van der Waals surface area contributed by atoms with Crippen molar-refractivity contribution in [2.24, 2.45) is 5.41 Å². The molecule has 21 heavy (non-hydrogen) atoms. The van der Waals surface area contributed by atoms with E-state index in [1.165, 1.54) is 0 Å². The highest BCUT2D eigenvalue weighted by atomic mass is 16.5. The van der Waals surface area contributed by atoms with Crippen LogP contribution in [0.5, 0.6) is 5.75 Å². The molecule has 0 saturated heterocycles. The molecule has 5 nitrogen and oxygen atoms in total. The molecule has 1 saturated carbocycles. The maximum atomic E-state index is 11.9. The Morgan fingerprint density at radius 1 is 1.38 bits per heavy atom. The van der Waals surface area contributed by atoms with E-state index >= 15 is 0 Å². The van der Waals surface area contributed by atoms with Crippen LogP contribution in [0.3, 0.4) is 0 Å². The Hall–Kier alpha value is -2.04. The average Bonchev–Trinajstić information content (AvgIpc) is 2.42. The number of hydrogen-bond donors (Lipinski definition) is 2. The molecule has 2 N–H and O–H groups in total. The predicted octanol–water partition coefficient (Wildman–Crippen LogP) is 2.00. The number of carbonyl (C=O) groups excluding carboxylic acids is 1. The summed E-state index contributed by atoms with van der Waals surface area (Å²) in [5.74, 6) is -0.241. The lowest BCUT2D eigenvalue weighted by Crippen LogP contribution is -2.42. The molecule has 1 aliphatic carbocycles.